The third-order valence-corrected chi connectivity index (χ3v) is 2.12. The van der Waals surface area contributed by atoms with Crippen LogP contribution < -0.4 is 5.32 Å². The molecule has 0 bridgehead atoms. The van der Waals surface area contributed by atoms with Crippen molar-refractivity contribution in [2.75, 3.05) is 12.3 Å². The molecule has 0 aromatic heterocycles. The van der Waals surface area contributed by atoms with E-state index in [4.69, 9.17) is 4.55 Å². The molecule has 0 atom stereocenters. The first kappa shape index (κ1) is 16.2. The number of nitrogens with one attached hydrogen (secondary N) is 1. The summed E-state index contributed by atoms with van der Waals surface area (Å²) in [6, 6.07) is 0. The van der Waals surface area contributed by atoms with Crippen molar-refractivity contribution < 1.29 is 17.8 Å². The van der Waals surface area contributed by atoms with Crippen LogP contribution in [-0.4, -0.2) is 50.0 Å². The molecule has 0 rings (SSSR count). The normalized spacial score (nSPS) is 10.1. The number of carbonyl (C=O) groups excluding carboxylic acids is 1. The molecular formula is C7H14LiNO4S. The molecule has 0 unspecified atom stereocenters. The van der Waals surface area contributed by atoms with Crippen LogP contribution >= 0.6 is 0 Å². The second-order valence-electron chi connectivity index (χ2n) is 2.49. The van der Waals surface area contributed by atoms with E-state index in [-0.39, 0.29) is 30.5 Å². The Bertz CT molecular complexity index is 275. The molecule has 0 aliphatic rings. The Hall–Kier alpha value is -0.283. The van der Waals surface area contributed by atoms with E-state index in [1.54, 1.807) is 0 Å². The van der Waals surface area contributed by atoms with Crippen LogP contribution in [-0.2, 0) is 14.9 Å². The van der Waals surface area contributed by atoms with Crippen LogP contribution in [0.4, 0.5) is 0 Å². The molecule has 1 amide bonds. The van der Waals surface area contributed by atoms with Crippen LogP contribution in [0.5, 0.6) is 0 Å². The minimum atomic E-state index is -3.86. The van der Waals surface area contributed by atoms with Gasteiger partial charge in [0.15, 0.2) is 0 Å². The summed E-state index contributed by atoms with van der Waals surface area (Å²) in [6.07, 6.45) is 1.98. The molecule has 0 heterocycles. The molecule has 0 aromatic carbocycles. The molecule has 0 radical (unpaired) electrons. The molecule has 7 heteroatoms. The minimum absolute atomic E-state index is 0. The number of hydrogen-bond donors (Lipinski definition) is 2. The standard InChI is InChI=1S/C7H13NO4S.Li.H/c1-2-7(9)8-5-3-4-6-13(10,11)12;;/h2H,1,3-6H2,(H,8,9)(H,10,11,12);;. The Morgan fingerprint density at radius 2 is 2.00 bits per heavy atom. The van der Waals surface area contributed by atoms with Crippen molar-refractivity contribution in [2.24, 2.45) is 0 Å². The van der Waals surface area contributed by atoms with Gasteiger partial charge in [0.05, 0.1) is 5.75 Å². The summed E-state index contributed by atoms with van der Waals surface area (Å²) in [5, 5.41) is 2.49. The molecule has 14 heavy (non-hydrogen) atoms. The van der Waals surface area contributed by atoms with Crippen LogP contribution in [0.3, 0.4) is 0 Å². The van der Waals surface area contributed by atoms with Gasteiger partial charge in [-0.1, -0.05) is 6.58 Å². The molecule has 0 saturated heterocycles. The van der Waals surface area contributed by atoms with Gasteiger partial charge in [0.1, 0.15) is 0 Å². The fourth-order valence-corrected chi connectivity index (χ4v) is 1.26. The van der Waals surface area contributed by atoms with Gasteiger partial charge in [-0.15, -0.1) is 0 Å². The zero-order valence-electron chi connectivity index (χ0n) is 7.19. The van der Waals surface area contributed by atoms with Crippen LogP contribution in [0.2, 0.25) is 0 Å². The first-order valence-corrected chi connectivity index (χ1v) is 5.42. The van der Waals surface area contributed by atoms with Gasteiger partial charge < -0.3 is 5.32 Å². The van der Waals surface area contributed by atoms with E-state index in [2.05, 4.69) is 11.9 Å². The molecule has 0 aliphatic carbocycles. The number of rotatable bonds is 6. The molecule has 0 fully saturated rings. The Labute approximate surface area is 95.9 Å². The zero-order chi connectivity index (χ0) is 10.3. The van der Waals surface area contributed by atoms with Crippen molar-refractivity contribution in [3.63, 3.8) is 0 Å². The first-order valence-electron chi connectivity index (χ1n) is 3.81. The SMILES string of the molecule is C=CC(=O)NCCCCS(=O)(=O)O.[LiH]. The molecule has 0 spiro atoms. The summed E-state index contributed by atoms with van der Waals surface area (Å²) in [4.78, 5) is 10.6. The molecule has 2 N–H and O–H groups in total. The average molecular weight is 215 g/mol. The topological polar surface area (TPSA) is 83.5 Å². The van der Waals surface area contributed by atoms with E-state index >= 15 is 0 Å². The van der Waals surface area contributed by atoms with E-state index in [1.807, 2.05) is 0 Å². The van der Waals surface area contributed by atoms with Crippen molar-refractivity contribution in [2.45, 2.75) is 12.8 Å². The second kappa shape index (κ2) is 8.06. The predicted molar refractivity (Wildman–Crippen MR) is 56.0 cm³/mol. The molecule has 0 saturated carbocycles. The quantitative estimate of drug-likeness (QED) is 0.266. The van der Waals surface area contributed by atoms with Crippen LogP contribution in [0.25, 0.3) is 0 Å². The Morgan fingerprint density at radius 1 is 1.43 bits per heavy atom. The van der Waals surface area contributed by atoms with Crippen molar-refractivity contribution in [1.29, 1.82) is 0 Å². The van der Waals surface area contributed by atoms with Crippen LogP contribution in [0.1, 0.15) is 12.8 Å². The molecule has 78 valence electrons. The zero-order valence-corrected chi connectivity index (χ0v) is 8.01. The fourth-order valence-electron chi connectivity index (χ4n) is 0.693. The van der Waals surface area contributed by atoms with Crippen LogP contribution in [0, 0.1) is 0 Å². The molecule has 5 nitrogen and oxygen atoms in total. The summed E-state index contributed by atoms with van der Waals surface area (Å²) in [6.45, 7) is 3.64. The number of unbranched alkanes of at least 4 members (excludes halogenated alkanes) is 1. The third-order valence-electron chi connectivity index (χ3n) is 1.31. The van der Waals surface area contributed by atoms with Gasteiger partial charge in [0.25, 0.3) is 10.1 Å². The molecular weight excluding hydrogens is 201 g/mol. The van der Waals surface area contributed by atoms with Crippen molar-refractivity contribution in [3.8, 4) is 0 Å². The second-order valence-corrected chi connectivity index (χ2v) is 4.06. The summed E-state index contributed by atoms with van der Waals surface area (Å²) in [7, 11) is -3.86. The summed E-state index contributed by atoms with van der Waals surface area (Å²) in [5.41, 5.74) is 0. The van der Waals surface area contributed by atoms with E-state index in [1.165, 1.54) is 0 Å². The molecule has 0 aliphatic heterocycles. The van der Waals surface area contributed by atoms with Gasteiger partial charge in [-0.3, -0.25) is 9.35 Å². The van der Waals surface area contributed by atoms with E-state index in [9.17, 15) is 13.2 Å². The number of amides is 1. The Morgan fingerprint density at radius 3 is 2.43 bits per heavy atom. The van der Waals surface area contributed by atoms with Gasteiger partial charge in [-0.2, -0.15) is 8.42 Å². The van der Waals surface area contributed by atoms with Crippen molar-refractivity contribution in [3.05, 3.63) is 12.7 Å². The maximum atomic E-state index is 10.6. The van der Waals surface area contributed by atoms with Crippen molar-refractivity contribution >= 4 is 34.9 Å². The maximum absolute atomic E-state index is 10.6. The van der Waals surface area contributed by atoms with Gasteiger partial charge in [0.2, 0.25) is 5.91 Å². The number of hydrogen-bond acceptors (Lipinski definition) is 3. The van der Waals surface area contributed by atoms with Gasteiger partial charge in [-0.25, -0.2) is 0 Å². The van der Waals surface area contributed by atoms with Gasteiger partial charge in [0, 0.05) is 6.54 Å². The van der Waals surface area contributed by atoms with E-state index < -0.39 is 10.1 Å². The van der Waals surface area contributed by atoms with Crippen molar-refractivity contribution in [1.82, 2.24) is 5.32 Å². The summed E-state index contributed by atoms with van der Waals surface area (Å²) >= 11 is 0. The monoisotopic (exact) mass is 215 g/mol. The third kappa shape index (κ3) is 11.7. The fraction of sp³-hybridized carbons (Fsp3) is 0.571. The summed E-state index contributed by atoms with van der Waals surface area (Å²) < 4.78 is 28.8. The van der Waals surface area contributed by atoms with E-state index in [0.29, 0.717) is 19.4 Å². The summed E-state index contributed by atoms with van der Waals surface area (Å²) in [5.74, 6) is -0.552. The van der Waals surface area contributed by atoms with Gasteiger partial charge in [-0.05, 0) is 18.9 Å². The average Bonchev–Trinajstić information content (AvgIpc) is 2.01. The first-order chi connectivity index (χ1) is 5.95. The predicted octanol–water partition coefficient (Wildman–Crippen LogP) is -0.692. The van der Waals surface area contributed by atoms with Crippen LogP contribution in [0.15, 0.2) is 12.7 Å². The number of carbonyl (C=O) groups is 1. The Kier molecular flexibility index (Phi) is 9.30. The van der Waals surface area contributed by atoms with E-state index in [0.717, 1.165) is 6.08 Å². The van der Waals surface area contributed by atoms with Gasteiger partial charge >= 0.3 is 18.9 Å². The Balaban J connectivity index is 0. The molecule has 0 aromatic rings.